The third-order valence-electron chi connectivity index (χ3n) is 2.33. The number of carbonyl (C=O) groups is 1. The van der Waals surface area contributed by atoms with Crippen molar-refractivity contribution in [3.05, 3.63) is 23.8 Å². The fourth-order valence-electron chi connectivity index (χ4n) is 1.37. The molecule has 1 aromatic rings. The summed E-state index contributed by atoms with van der Waals surface area (Å²) in [6, 6.07) is 4.84. The molecule has 4 nitrogen and oxygen atoms in total. The molecule has 1 amide bonds. The molecule has 0 aliphatic carbocycles. The van der Waals surface area contributed by atoms with Crippen molar-refractivity contribution < 1.29 is 14.6 Å². The van der Waals surface area contributed by atoms with Gasteiger partial charge in [-0.25, -0.2) is 0 Å². The molecule has 0 spiro atoms. The van der Waals surface area contributed by atoms with E-state index in [1.54, 1.807) is 32.2 Å². The van der Waals surface area contributed by atoms with Gasteiger partial charge in [0.25, 0.3) is 0 Å². The maximum absolute atomic E-state index is 11.7. The first kappa shape index (κ1) is 12.5. The lowest BCUT2D eigenvalue weighted by molar-refractivity contribution is -0.120. The minimum Gasteiger partial charge on any atom is -0.508 e. The van der Waals surface area contributed by atoms with Crippen LogP contribution in [0.25, 0.3) is 0 Å². The molecule has 16 heavy (non-hydrogen) atoms. The smallest absolute Gasteiger partial charge is 0.229 e. The number of hydrogen-bond donors (Lipinski definition) is 2. The number of anilines is 1. The largest absolute Gasteiger partial charge is 0.508 e. The second-order valence-corrected chi connectivity index (χ2v) is 3.84. The summed E-state index contributed by atoms with van der Waals surface area (Å²) >= 11 is 0. The number of amides is 1. The molecule has 0 aliphatic rings. The van der Waals surface area contributed by atoms with Crippen molar-refractivity contribution in [2.24, 2.45) is 5.92 Å². The van der Waals surface area contributed by atoms with Crippen LogP contribution in [0.1, 0.15) is 12.5 Å². The average molecular weight is 223 g/mol. The van der Waals surface area contributed by atoms with Gasteiger partial charge in [0.05, 0.1) is 12.5 Å². The second kappa shape index (κ2) is 5.51. The summed E-state index contributed by atoms with van der Waals surface area (Å²) in [7, 11) is 1.57. The van der Waals surface area contributed by atoms with Gasteiger partial charge in [-0.2, -0.15) is 0 Å². The van der Waals surface area contributed by atoms with Gasteiger partial charge >= 0.3 is 0 Å². The molecule has 0 heterocycles. The summed E-state index contributed by atoms with van der Waals surface area (Å²) in [5, 5.41) is 12.0. The average Bonchev–Trinajstić information content (AvgIpc) is 2.22. The van der Waals surface area contributed by atoms with Gasteiger partial charge in [-0.1, -0.05) is 6.92 Å². The Hall–Kier alpha value is -1.55. The fourth-order valence-corrected chi connectivity index (χ4v) is 1.37. The number of phenolic OH excluding ortho intramolecular Hbond substituents is 1. The lowest BCUT2D eigenvalue weighted by Gasteiger charge is -2.13. The third-order valence-corrected chi connectivity index (χ3v) is 2.33. The Bertz CT molecular complexity index is 377. The third kappa shape index (κ3) is 3.24. The Balaban J connectivity index is 2.69. The van der Waals surface area contributed by atoms with E-state index in [0.29, 0.717) is 12.3 Å². The maximum Gasteiger partial charge on any atom is 0.229 e. The van der Waals surface area contributed by atoms with E-state index in [1.165, 1.54) is 0 Å². The molecule has 0 fully saturated rings. The number of rotatable bonds is 4. The second-order valence-electron chi connectivity index (χ2n) is 3.84. The van der Waals surface area contributed by atoms with E-state index in [9.17, 15) is 9.90 Å². The molecule has 0 aromatic heterocycles. The molecular formula is C12H17NO3. The van der Waals surface area contributed by atoms with Crippen molar-refractivity contribution in [3.63, 3.8) is 0 Å². The van der Waals surface area contributed by atoms with Crippen LogP contribution >= 0.6 is 0 Å². The Labute approximate surface area is 95.2 Å². The van der Waals surface area contributed by atoms with Crippen LogP contribution in [-0.4, -0.2) is 24.7 Å². The minimum atomic E-state index is -0.196. The van der Waals surface area contributed by atoms with Gasteiger partial charge in [0.2, 0.25) is 5.91 Å². The number of methoxy groups -OCH3 is 1. The molecule has 4 heteroatoms. The van der Waals surface area contributed by atoms with Crippen molar-refractivity contribution in [2.45, 2.75) is 13.8 Å². The lowest BCUT2D eigenvalue weighted by atomic mass is 10.1. The summed E-state index contributed by atoms with van der Waals surface area (Å²) in [5.41, 5.74) is 1.55. The van der Waals surface area contributed by atoms with E-state index in [1.807, 2.05) is 6.92 Å². The lowest BCUT2D eigenvalue weighted by Crippen LogP contribution is -2.24. The minimum absolute atomic E-state index is 0.0874. The number of aromatic hydroxyl groups is 1. The molecule has 2 N–H and O–H groups in total. The van der Waals surface area contributed by atoms with Crippen molar-refractivity contribution in [2.75, 3.05) is 19.0 Å². The van der Waals surface area contributed by atoms with Gasteiger partial charge in [-0.15, -0.1) is 0 Å². The van der Waals surface area contributed by atoms with Gasteiger partial charge in [-0.3, -0.25) is 4.79 Å². The summed E-state index contributed by atoms with van der Waals surface area (Å²) in [6.07, 6.45) is 0. The zero-order valence-electron chi connectivity index (χ0n) is 9.78. The normalized spacial score (nSPS) is 12.2. The monoisotopic (exact) mass is 223 g/mol. The van der Waals surface area contributed by atoms with Crippen LogP contribution in [-0.2, 0) is 9.53 Å². The summed E-state index contributed by atoms with van der Waals surface area (Å²) in [5.74, 6) is -0.0886. The van der Waals surface area contributed by atoms with E-state index >= 15 is 0 Å². The number of nitrogens with one attached hydrogen (secondary N) is 1. The van der Waals surface area contributed by atoms with Crippen molar-refractivity contribution in [1.29, 1.82) is 0 Å². The van der Waals surface area contributed by atoms with E-state index in [0.717, 1.165) is 5.56 Å². The predicted molar refractivity (Wildman–Crippen MR) is 62.5 cm³/mol. The number of benzene rings is 1. The molecule has 0 aliphatic heterocycles. The molecule has 1 atom stereocenters. The van der Waals surface area contributed by atoms with Crippen molar-refractivity contribution in [1.82, 2.24) is 0 Å². The highest BCUT2D eigenvalue weighted by Crippen LogP contribution is 2.20. The van der Waals surface area contributed by atoms with E-state index in [-0.39, 0.29) is 17.6 Å². The standard InChI is InChI=1S/C12H17NO3/c1-8-6-10(14)4-5-11(8)13-12(15)9(2)7-16-3/h4-6,9,14H,7H2,1-3H3,(H,13,15)/t9-/m1/s1. The molecular weight excluding hydrogens is 206 g/mol. The van der Waals surface area contributed by atoms with E-state index in [4.69, 9.17) is 4.74 Å². The van der Waals surface area contributed by atoms with E-state index < -0.39 is 0 Å². The molecule has 0 radical (unpaired) electrons. The number of carbonyl (C=O) groups excluding carboxylic acids is 1. The highest BCUT2D eigenvalue weighted by molar-refractivity contribution is 5.93. The molecule has 0 saturated carbocycles. The fraction of sp³-hybridized carbons (Fsp3) is 0.417. The maximum atomic E-state index is 11.7. The first-order valence-electron chi connectivity index (χ1n) is 5.14. The number of ether oxygens (including phenoxy) is 1. The van der Waals surface area contributed by atoms with Crippen molar-refractivity contribution >= 4 is 11.6 Å². The topological polar surface area (TPSA) is 58.6 Å². The molecule has 0 unspecified atom stereocenters. The Morgan fingerprint density at radius 1 is 1.56 bits per heavy atom. The molecule has 1 aromatic carbocycles. The Kier molecular flexibility index (Phi) is 4.31. The van der Waals surface area contributed by atoms with Crippen LogP contribution in [0.2, 0.25) is 0 Å². The van der Waals surface area contributed by atoms with Gasteiger partial charge < -0.3 is 15.2 Å². The predicted octanol–water partition coefficient (Wildman–Crippen LogP) is 1.92. The molecule has 88 valence electrons. The van der Waals surface area contributed by atoms with Crippen LogP contribution in [0.3, 0.4) is 0 Å². The number of phenols is 1. The molecule has 0 bridgehead atoms. The SMILES string of the molecule is COC[C@@H](C)C(=O)Nc1ccc(O)cc1C. The van der Waals surface area contributed by atoms with Crippen molar-refractivity contribution in [3.8, 4) is 5.75 Å². The first-order chi connectivity index (χ1) is 7.54. The highest BCUT2D eigenvalue weighted by Gasteiger charge is 2.13. The van der Waals surface area contributed by atoms with Gasteiger partial charge in [0.1, 0.15) is 5.75 Å². The summed E-state index contributed by atoms with van der Waals surface area (Å²) in [4.78, 5) is 11.7. The highest BCUT2D eigenvalue weighted by atomic mass is 16.5. The summed E-state index contributed by atoms with van der Waals surface area (Å²) < 4.78 is 4.91. The van der Waals surface area contributed by atoms with Crippen LogP contribution in [0.15, 0.2) is 18.2 Å². The molecule has 0 saturated heterocycles. The van der Waals surface area contributed by atoms with Crippen LogP contribution < -0.4 is 5.32 Å². The summed E-state index contributed by atoms with van der Waals surface area (Å²) in [6.45, 7) is 4.02. The van der Waals surface area contributed by atoms with Gasteiger partial charge in [-0.05, 0) is 30.7 Å². The van der Waals surface area contributed by atoms with Crippen LogP contribution in [0.5, 0.6) is 5.75 Å². The van der Waals surface area contributed by atoms with Gasteiger partial charge in [0.15, 0.2) is 0 Å². The Morgan fingerprint density at radius 3 is 2.81 bits per heavy atom. The first-order valence-corrected chi connectivity index (χ1v) is 5.14. The number of hydrogen-bond acceptors (Lipinski definition) is 3. The zero-order valence-corrected chi connectivity index (χ0v) is 9.78. The van der Waals surface area contributed by atoms with E-state index in [2.05, 4.69) is 5.32 Å². The van der Waals surface area contributed by atoms with Crippen LogP contribution in [0.4, 0.5) is 5.69 Å². The quantitative estimate of drug-likeness (QED) is 0.767. The van der Waals surface area contributed by atoms with Gasteiger partial charge in [0, 0.05) is 12.8 Å². The molecule has 1 rings (SSSR count). The Morgan fingerprint density at radius 2 is 2.25 bits per heavy atom. The number of aryl methyl sites for hydroxylation is 1. The zero-order chi connectivity index (χ0) is 12.1. The van der Waals surface area contributed by atoms with Crippen LogP contribution in [0, 0.1) is 12.8 Å².